The molecule has 0 amide bonds. The molecule has 1 aliphatic rings. The van der Waals surface area contributed by atoms with Crippen LogP contribution in [0, 0.1) is 5.92 Å². The van der Waals surface area contributed by atoms with Crippen LogP contribution in [0.1, 0.15) is 39.5 Å². The summed E-state index contributed by atoms with van der Waals surface area (Å²) in [7, 11) is 1.83. The van der Waals surface area contributed by atoms with Crippen LogP contribution < -0.4 is 0 Å². The van der Waals surface area contributed by atoms with Gasteiger partial charge >= 0.3 is 0 Å². The molecule has 0 atom stereocenters. The first-order valence-corrected chi connectivity index (χ1v) is 5.10. The van der Waals surface area contributed by atoms with Gasteiger partial charge in [-0.05, 0) is 50.1 Å². The molecule has 78 valence electrons. The van der Waals surface area contributed by atoms with Crippen LogP contribution >= 0.6 is 11.6 Å². The summed E-state index contributed by atoms with van der Waals surface area (Å²) in [4.78, 5) is 8.57. The highest BCUT2D eigenvalue weighted by molar-refractivity contribution is 6.54. The van der Waals surface area contributed by atoms with E-state index in [4.69, 9.17) is 9.53 Å². The zero-order valence-corrected chi connectivity index (χ0v) is 9.43. The third-order valence-electron chi connectivity index (χ3n) is 2.82. The highest BCUT2D eigenvalue weighted by Crippen LogP contribution is 2.33. The third-order valence-corrected chi connectivity index (χ3v) is 2.82. The van der Waals surface area contributed by atoms with Gasteiger partial charge in [-0.1, -0.05) is 6.92 Å². The number of ether oxygens (including phenoxy) is 1. The third kappa shape index (κ3) is 5.27. The molecule has 0 unspecified atom stereocenters. The maximum absolute atomic E-state index is 8.57. The predicted molar refractivity (Wildman–Crippen MR) is 55.6 cm³/mol. The number of hydrogen-bond acceptors (Lipinski definition) is 2. The van der Waals surface area contributed by atoms with E-state index >= 15 is 0 Å². The number of carbonyl (C=O) groups is 1. The molecule has 0 heterocycles. The smallest absolute Gasteiger partial charge is 0.208 e. The van der Waals surface area contributed by atoms with Crippen LogP contribution in [0.2, 0.25) is 0 Å². The van der Waals surface area contributed by atoms with Gasteiger partial charge in [0, 0.05) is 7.11 Å². The molecule has 1 rings (SSSR count). The lowest BCUT2D eigenvalue weighted by Crippen LogP contribution is -2.31. The van der Waals surface area contributed by atoms with E-state index in [9.17, 15) is 0 Å². The summed E-state index contributed by atoms with van der Waals surface area (Å²) in [6, 6.07) is 0. The molecule has 1 fully saturated rings. The molecule has 1 saturated carbocycles. The van der Waals surface area contributed by atoms with Crippen LogP contribution in [0.4, 0.5) is 0 Å². The van der Waals surface area contributed by atoms with E-state index in [1.807, 2.05) is 7.11 Å². The van der Waals surface area contributed by atoms with Crippen molar-refractivity contribution in [2.75, 3.05) is 7.11 Å². The lowest BCUT2D eigenvalue weighted by molar-refractivity contribution is -0.0320. The van der Waals surface area contributed by atoms with Crippen LogP contribution in [-0.4, -0.2) is 18.5 Å². The molecule has 13 heavy (non-hydrogen) atoms. The second-order valence-electron chi connectivity index (χ2n) is 3.93. The van der Waals surface area contributed by atoms with Crippen molar-refractivity contribution in [2.45, 2.75) is 45.1 Å². The Morgan fingerprint density at radius 1 is 1.46 bits per heavy atom. The van der Waals surface area contributed by atoms with Crippen LogP contribution in [0.25, 0.3) is 0 Å². The van der Waals surface area contributed by atoms with Crippen molar-refractivity contribution in [3.8, 4) is 0 Å². The molecule has 0 radical (unpaired) electrons. The summed E-state index contributed by atoms with van der Waals surface area (Å²) < 4.78 is 5.43. The van der Waals surface area contributed by atoms with Crippen molar-refractivity contribution in [3.63, 3.8) is 0 Å². The molecule has 0 aliphatic heterocycles. The first-order chi connectivity index (χ1) is 6.08. The standard InChI is InChI=1S/C9H18O.CHClO/c1-8-4-6-9(2,10-3)7-5-8;2-1-3/h8H,4-7H2,1-3H3;1H. The Balaban J connectivity index is 0.000000424. The molecular weight excluding hydrogens is 188 g/mol. The fourth-order valence-electron chi connectivity index (χ4n) is 1.58. The minimum atomic E-state index is 0.201. The lowest BCUT2D eigenvalue weighted by atomic mass is 9.81. The van der Waals surface area contributed by atoms with Gasteiger partial charge in [-0.3, -0.25) is 4.79 Å². The van der Waals surface area contributed by atoms with Crippen molar-refractivity contribution < 1.29 is 9.53 Å². The van der Waals surface area contributed by atoms with E-state index in [1.165, 1.54) is 25.7 Å². The van der Waals surface area contributed by atoms with Crippen molar-refractivity contribution in [1.29, 1.82) is 0 Å². The largest absolute Gasteiger partial charge is 0.379 e. The maximum Gasteiger partial charge on any atom is 0.208 e. The van der Waals surface area contributed by atoms with Crippen LogP contribution in [0.3, 0.4) is 0 Å². The van der Waals surface area contributed by atoms with Crippen LogP contribution in [0.15, 0.2) is 0 Å². The quantitative estimate of drug-likeness (QED) is 0.487. The highest BCUT2D eigenvalue weighted by atomic mass is 35.5. The van der Waals surface area contributed by atoms with Gasteiger partial charge in [0.15, 0.2) is 0 Å². The molecule has 0 spiro atoms. The van der Waals surface area contributed by atoms with Gasteiger partial charge in [0.25, 0.3) is 0 Å². The van der Waals surface area contributed by atoms with E-state index in [-0.39, 0.29) is 11.3 Å². The van der Waals surface area contributed by atoms with Crippen LogP contribution in [-0.2, 0) is 9.53 Å². The summed E-state index contributed by atoms with van der Waals surface area (Å²) in [5.74, 6) is 1.14. The highest BCUT2D eigenvalue weighted by Gasteiger charge is 2.28. The lowest BCUT2D eigenvalue weighted by Gasteiger charge is -2.34. The second-order valence-corrected chi connectivity index (χ2v) is 4.10. The summed E-state index contributed by atoms with van der Waals surface area (Å²) in [6.45, 7) is 4.55. The van der Waals surface area contributed by atoms with Crippen LogP contribution in [0.5, 0.6) is 0 Å². The Bertz CT molecular complexity index is 140. The molecule has 0 bridgehead atoms. The predicted octanol–water partition coefficient (Wildman–Crippen LogP) is 3.02. The Kier molecular flexibility index (Phi) is 6.35. The van der Waals surface area contributed by atoms with E-state index in [0.29, 0.717) is 0 Å². The topological polar surface area (TPSA) is 26.3 Å². The van der Waals surface area contributed by atoms with Gasteiger partial charge in [0.05, 0.1) is 5.60 Å². The summed E-state index contributed by atoms with van der Waals surface area (Å²) in [5.41, 5.74) is 0.201. The van der Waals surface area contributed by atoms with Gasteiger partial charge in [0.2, 0.25) is 5.75 Å². The first kappa shape index (κ1) is 12.9. The Morgan fingerprint density at radius 3 is 2.15 bits per heavy atom. The van der Waals surface area contributed by atoms with Gasteiger partial charge in [-0.25, -0.2) is 0 Å². The molecule has 3 heteroatoms. The number of hydrogen-bond donors (Lipinski definition) is 0. The zero-order valence-electron chi connectivity index (χ0n) is 8.68. The van der Waals surface area contributed by atoms with E-state index in [1.54, 1.807) is 0 Å². The number of methoxy groups -OCH3 is 1. The average Bonchev–Trinajstić information content (AvgIpc) is 2.12. The molecule has 2 nitrogen and oxygen atoms in total. The molecule has 0 N–H and O–H groups in total. The van der Waals surface area contributed by atoms with Gasteiger partial charge in [-0.15, -0.1) is 0 Å². The summed E-state index contributed by atoms with van der Waals surface area (Å²) in [6.07, 6.45) is 5.16. The van der Waals surface area contributed by atoms with E-state index in [2.05, 4.69) is 25.4 Å². The van der Waals surface area contributed by atoms with Crippen molar-refractivity contribution in [3.05, 3.63) is 0 Å². The first-order valence-electron chi connectivity index (χ1n) is 4.67. The average molecular weight is 207 g/mol. The zero-order chi connectivity index (χ0) is 10.3. The van der Waals surface area contributed by atoms with Crippen molar-refractivity contribution in [1.82, 2.24) is 0 Å². The van der Waals surface area contributed by atoms with Gasteiger partial charge in [0.1, 0.15) is 0 Å². The maximum atomic E-state index is 8.57. The minimum absolute atomic E-state index is 0.201. The van der Waals surface area contributed by atoms with Crippen molar-refractivity contribution in [2.24, 2.45) is 5.92 Å². The van der Waals surface area contributed by atoms with E-state index < -0.39 is 0 Å². The van der Waals surface area contributed by atoms with E-state index in [0.717, 1.165) is 5.92 Å². The minimum Gasteiger partial charge on any atom is -0.379 e. The fourth-order valence-corrected chi connectivity index (χ4v) is 1.58. The SMILES string of the molecule is COC1(C)CCC(C)CC1.O=CCl. The molecule has 0 saturated heterocycles. The van der Waals surface area contributed by atoms with Crippen molar-refractivity contribution >= 4 is 17.3 Å². The molecule has 0 aromatic rings. The normalized spacial score (nSPS) is 33.1. The number of halogens is 1. The second kappa shape index (κ2) is 6.39. The van der Waals surface area contributed by atoms with Gasteiger partial charge < -0.3 is 4.74 Å². The molecule has 0 aromatic carbocycles. The molecule has 1 aliphatic carbocycles. The summed E-state index contributed by atoms with van der Waals surface area (Å²) in [5, 5.41) is 0. The molecular formula is C10H19ClO2. The Hall–Kier alpha value is -0.0800. The van der Waals surface area contributed by atoms with Gasteiger partial charge in [-0.2, -0.15) is 0 Å². The summed E-state index contributed by atoms with van der Waals surface area (Å²) >= 11 is 4.32. The fraction of sp³-hybridized carbons (Fsp3) is 0.900. The number of carbonyl (C=O) groups excluding carboxylic acids is 1. The monoisotopic (exact) mass is 206 g/mol. The Labute approximate surface area is 85.6 Å². The Morgan fingerprint density at radius 2 is 1.85 bits per heavy atom. The molecule has 0 aromatic heterocycles. The number of rotatable bonds is 1.